The molecule has 0 bridgehead atoms. The van der Waals surface area contributed by atoms with E-state index < -0.39 is 5.97 Å². The predicted molar refractivity (Wildman–Crippen MR) is 100 cm³/mol. The molecule has 1 amide bonds. The van der Waals surface area contributed by atoms with E-state index in [0.717, 1.165) is 35.1 Å². The summed E-state index contributed by atoms with van der Waals surface area (Å²) in [5.41, 5.74) is 5.60. The number of nitrogens with zero attached hydrogens (tertiary/aromatic N) is 1. The number of carboxylic acid groups (broad SMARTS) is 1. The van der Waals surface area contributed by atoms with Crippen LogP contribution in [0.1, 0.15) is 61.7 Å². The number of rotatable bonds is 2. The number of fused-ring (bicyclic) bond motifs is 2. The quantitative estimate of drug-likeness (QED) is 0.853. The summed E-state index contributed by atoms with van der Waals surface area (Å²) in [5.74, 6) is -0.918. The van der Waals surface area contributed by atoms with Crippen LogP contribution in [0.15, 0.2) is 17.7 Å². The van der Waals surface area contributed by atoms with Gasteiger partial charge in [0.05, 0.1) is 12.2 Å². The largest absolute Gasteiger partial charge is 0.478 e. The fourth-order valence-corrected chi connectivity index (χ4v) is 3.34. The van der Waals surface area contributed by atoms with Gasteiger partial charge in [-0.3, -0.25) is 0 Å². The fourth-order valence-electron chi connectivity index (χ4n) is 3.34. The summed E-state index contributed by atoms with van der Waals surface area (Å²) in [4.78, 5) is 25.1. The second-order valence-electron chi connectivity index (χ2n) is 5.72. The van der Waals surface area contributed by atoms with E-state index in [-0.39, 0.29) is 13.5 Å². The van der Waals surface area contributed by atoms with Crippen molar-refractivity contribution in [2.75, 3.05) is 19.7 Å². The Balaban J connectivity index is 0.00000101. The van der Waals surface area contributed by atoms with Crippen LogP contribution in [0.3, 0.4) is 0 Å². The van der Waals surface area contributed by atoms with Gasteiger partial charge in [-0.15, -0.1) is 0 Å². The number of aromatic carboxylic acids is 1. The van der Waals surface area contributed by atoms with Crippen molar-refractivity contribution in [3.8, 4) is 0 Å². The van der Waals surface area contributed by atoms with E-state index in [1.165, 1.54) is 5.57 Å². The van der Waals surface area contributed by atoms with Crippen molar-refractivity contribution in [1.29, 1.82) is 0 Å². The number of aryl methyl sites for hydroxylation is 1. The smallest absolute Gasteiger partial charge is 0.410 e. The van der Waals surface area contributed by atoms with Gasteiger partial charge < -0.3 is 14.7 Å². The molecule has 0 aromatic heterocycles. The molecule has 138 valence electrons. The molecule has 5 nitrogen and oxygen atoms in total. The lowest BCUT2D eigenvalue weighted by Gasteiger charge is -2.28. The summed E-state index contributed by atoms with van der Waals surface area (Å²) in [6, 6.07) is 3.53. The molecule has 0 saturated heterocycles. The highest BCUT2D eigenvalue weighted by molar-refractivity contribution is 5.98. The van der Waals surface area contributed by atoms with Gasteiger partial charge in [0.1, 0.15) is 0 Å². The molecule has 1 N–H and O–H groups in total. The third-order valence-electron chi connectivity index (χ3n) is 4.45. The van der Waals surface area contributed by atoms with Gasteiger partial charge in [-0.2, -0.15) is 0 Å². The predicted octanol–water partition coefficient (Wildman–Crippen LogP) is 4.53. The molecule has 5 heteroatoms. The van der Waals surface area contributed by atoms with Gasteiger partial charge in [0.2, 0.25) is 0 Å². The van der Waals surface area contributed by atoms with Crippen molar-refractivity contribution in [3.05, 3.63) is 40.0 Å². The topological polar surface area (TPSA) is 66.8 Å². The van der Waals surface area contributed by atoms with E-state index in [9.17, 15) is 14.7 Å². The molecule has 0 spiro atoms. The first-order valence-corrected chi connectivity index (χ1v) is 8.51. The molecule has 1 aliphatic carbocycles. The number of benzene rings is 1. The Morgan fingerprint density at radius 3 is 2.56 bits per heavy atom. The van der Waals surface area contributed by atoms with Crippen molar-refractivity contribution >= 4 is 17.6 Å². The summed E-state index contributed by atoms with van der Waals surface area (Å²) in [6.45, 7) is 9.20. The van der Waals surface area contributed by atoms with Crippen LogP contribution in [0, 0.1) is 6.92 Å². The average molecular weight is 347 g/mol. The lowest BCUT2D eigenvalue weighted by atomic mass is 9.94. The van der Waals surface area contributed by atoms with Crippen LogP contribution in [0.5, 0.6) is 0 Å². The number of carboxylic acids is 1. The standard InChI is InChI=1S/C17H19NO4.C2H6.CH4/c1-3-22-17(21)18-7-6-11-8-13-10(2)4-5-12(16(19)20)15(13)14(11)9-18;1-2;/h4-5H,3,6-9H2,1-2H3,(H,19,20);1-2H3;1H4. The highest BCUT2D eigenvalue weighted by Gasteiger charge is 2.33. The summed E-state index contributed by atoms with van der Waals surface area (Å²) < 4.78 is 5.07. The number of ether oxygens (including phenoxy) is 1. The summed E-state index contributed by atoms with van der Waals surface area (Å²) in [7, 11) is 0. The maximum Gasteiger partial charge on any atom is 0.410 e. The Hall–Kier alpha value is -2.30. The minimum absolute atomic E-state index is 0. The summed E-state index contributed by atoms with van der Waals surface area (Å²) in [6.07, 6.45) is 1.25. The van der Waals surface area contributed by atoms with Crippen molar-refractivity contribution in [2.24, 2.45) is 0 Å². The minimum atomic E-state index is -0.918. The zero-order valence-electron chi connectivity index (χ0n) is 14.8. The van der Waals surface area contributed by atoms with Crippen LogP contribution in [-0.4, -0.2) is 41.8 Å². The van der Waals surface area contributed by atoms with Gasteiger partial charge >= 0.3 is 12.1 Å². The second-order valence-corrected chi connectivity index (χ2v) is 5.72. The van der Waals surface area contributed by atoms with Crippen LogP contribution in [0.2, 0.25) is 0 Å². The Bertz CT molecular complexity index is 691. The molecule has 1 aliphatic heterocycles. The van der Waals surface area contributed by atoms with Crippen molar-refractivity contribution in [1.82, 2.24) is 4.90 Å². The Morgan fingerprint density at radius 2 is 1.96 bits per heavy atom. The number of hydrogen-bond acceptors (Lipinski definition) is 3. The SMILES string of the molecule is C.CC.CCOC(=O)N1CCC2=C(C1)c1c(C(=O)O)ccc(C)c1C2. The molecule has 1 aromatic rings. The lowest BCUT2D eigenvalue weighted by Crippen LogP contribution is -2.36. The number of hydrogen-bond donors (Lipinski definition) is 1. The maximum absolute atomic E-state index is 11.9. The molecule has 2 aliphatic rings. The normalized spacial score (nSPS) is 14.6. The molecule has 3 rings (SSSR count). The van der Waals surface area contributed by atoms with Crippen molar-refractivity contribution in [2.45, 2.75) is 48.0 Å². The average Bonchev–Trinajstić information content (AvgIpc) is 2.96. The minimum Gasteiger partial charge on any atom is -0.478 e. The van der Waals surface area contributed by atoms with E-state index in [1.54, 1.807) is 17.9 Å². The van der Waals surface area contributed by atoms with E-state index in [1.807, 2.05) is 26.8 Å². The van der Waals surface area contributed by atoms with Crippen LogP contribution >= 0.6 is 0 Å². The van der Waals surface area contributed by atoms with E-state index in [2.05, 4.69) is 0 Å². The van der Waals surface area contributed by atoms with Gasteiger partial charge in [0.15, 0.2) is 0 Å². The van der Waals surface area contributed by atoms with Crippen molar-refractivity contribution in [3.63, 3.8) is 0 Å². The van der Waals surface area contributed by atoms with Crippen LogP contribution in [0.25, 0.3) is 5.57 Å². The first kappa shape index (κ1) is 20.7. The fraction of sp³-hybridized carbons (Fsp3) is 0.500. The Labute approximate surface area is 150 Å². The third kappa shape index (κ3) is 3.86. The van der Waals surface area contributed by atoms with Gasteiger partial charge in [0.25, 0.3) is 0 Å². The lowest BCUT2D eigenvalue weighted by molar-refractivity contribution is 0.0696. The van der Waals surface area contributed by atoms with E-state index in [4.69, 9.17) is 4.74 Å². The summed E-state index contributed by atoms with van der Waals surface area (Å²) >= 11 is 0. The zero-order chi connectivity index (χ0) is 17.9. The van der Waals surface area contributed by atoms with E-state index >= 15 is 0 Å². The second kappa shape index (κ2) is 8.70. The maximum atomic E-state index is 11.9. The highest BCUT2D eigenvalue weighted by Crippen LogP contribution is 2.41. The highest BCUT2D eigenvalue weighted by atomic mass is 16.6. The van der Waals surface area contributed by atoms with Crippen LogP contribution in [-0.2, 0) is 11.2 Å². The Kier molecular flexibility index (Phi) is 7.22. The van der Waals surface area contributed by atoms with Crippen LogP contribution < -0.4 is 0 Å². The first-order chi connectivity index (χ1) is 11.5. The molecule has 0 fully saturated rings. The third-order valence-corrected chi connectivity index (χ3v) is 4.45. The Morgan fingerprint density at radius 1 is 1.28 bits per heavy atom. The van der Waals surface area contributed by atoms with Gasteiger partial charge in [-0.25, -0.2) is 9.59 Å². The number of carbonyl (C=O) groups excluding carboxylic acids is 1. The van der Waals surface area contributed by atoms with Gasteiger partial charge in [-0.05, 0) is 55.0 Å². The number of carbonyl (C=O) groups is 2. The summed E-state index contributed by atoms with van der Waals surface area (Å²) in [5, 5.41) is 9.46. The molecule has 0 radical (unpaired) electrons. The van der Waals surface area contributed by atoms with Gasteiger partial charge in [-0.1, -0.05) is 32.9 Å². The molecule has 1 heterocycles. The zero-order valence-corrected chi connectivity index (χ0v) is 14.8. The van der Waals surface area contributed by atoms with Crippen LogP contribution in [0.4, 0.5) is 4.79 Å². The first-order valence-electron chi connectivity index (χ1n) is 8.51. The molecular weight excluding hydrogens is 318 g/mol. The van der Waals surface area contributed by atoms with Gasteiger partial charge in [0, 0.05) is 13.1 Å². The molecule has 0 saturated carbocycles. The monoisotopic (exact) mass is 347 g/mol. The molecule has 0 unspecified atom stereocenters. The number of amides is 1. The molecule has 1 aromatic carbocycles. The molecule has 25 heavy (non-hydrogen) atoms. The van der Waals surface area contributed by atoms with E-state index in [0.29, 0.717) is 25.3 Å². The molecule has 0 atom stereocenters. The van der Waals surface area contributed by atoms with Crippen molar-refractivity contribution < 1.29 is 19.4 Å². The molecular formula is C20H29NO4.